The number of para-hydroxylation sites is 2. The maximum atomic E-state index is 5.91. The molecule has 0 fully saturated rings. The Balaban J connectivity index is 1.98. The summed E-state index contributed by atoms with van der Waals surface area (Å²) < 4.78 is 0. The van der Waals surface area contributed by atoms with Crippen LogP contribution >= 0.6 is 0 Å². The molecule has 18 heavy (non-hydrogen) atoms. The zero-order chi connectivity index (χ0) is 12.4. The van der Waals surface area contributed by atoms with Gasteiger partial charge in [0, 0.05) is 17.3 Å². The number of benzene rings is 2. The summed E-state index contributed by atoms with van der Waals surface area (Å²) in [6.45, 7) is 0. The molecular weight excluding hydrogens is 222 g/mol. The van der Waals surface area contributed by atoms with Crippen molar-refractivity contribution >= 4 is 28.0 Å². The molecule has 0 unspecified atom stereocenters. The number of anilines is 3. The van der Waals surface area contributed by atoms with Crippen molar-refractivity contribution in [3.8, 4) is 0 Å². The number of nitrogens with one attached hydrogen (secondary N) is 1. The second kappa shape index (κ2) is 4.37. The zero-order valence-corrected chi connectivity index (χ0v) is 9.80. The van der Waals surface area contributed by atoms with Crippen molar-refractivity contribution in [2.45, 2.75) is 0 Å². The van der Waals surface area contributed by atoms with Crippen LogP contribution in [0.5, 0.6) is 0 Å². The second-order valence-electron chi connectivity index (χ2n) is 4.12. The van der Waals surface area contributed by atoms with Gasteiger partial charge in [0.15, 0.2) is 0 Å². The van der Waals surface area contributed by atoms with Crippen LogP contribution in [-0.4, -0.2) is 4.98 Å². The third-order valence-electron chi connectivity index (χ3n) is 2.84. The molecule has 0 aliphatic rings. The molecular formula is C15H13N3. The van der Waals surface area contributed by atoms with E-state index < -0.39 is 0 Å². The van der Waals surface area contributed by atoms with Gasteiger partial charge >= 0.3 is 0 Å². The number of nitrogens with two attached hydrogens (primary N) is 1. The molecule has 3 N–H and O–H groups in total. The molecule has 0 radical (unpaired) electrons. The van der Waals surface area contributed by atoms with E-state index >= 15 is 0 Å². The first kappa shape index (κ1) is 10.6. The molecule has 3 nitrogen and oxygen atoms in total. The Hall–Kier alpha value is -2.55. The first-order valence-electron chi connectivity index (χ1n) is 5.79. The van der Waals surface area contributed by atoms with Crippen molar-refractivity contribution in [3.05, 3.63) is 60.8 Å². The standard InChI is InChI=1S/C15H13N3/c16-13-5-1-2-6-15(13)18-12-7-8-14-11(10-12)4-3-9-17-14/h1-10,18H,16H2. The molecule has 2 aromatic carbocycles. The van der Waals surface area contributed by atoms with Gasteiger partial charge in [0.05, 0.1) is 16.9 Å². The van der Waals surface area contributed by atoms with Gasteiger partial charge in [0.25, 0.3) is 0 Å². The Morgan fingerprint density at radius 2 is 1.83 bits per heavy atom. The second-order valence-corrected chi connectivity index (χ2v) is 4.12. The lowest BCUT2D eigenvalue weighted by molar-refractivity contribution is 1.41. The zero-order valence-electron chi connectivity index (χ0n) is 9.80. The van der Waals surface area contributed by atoms with E-state index in [0.717, 1.165) is 28.0 Å². The van der Waals surface area contributed by atoms with Crippen molar-refractivity contribution in [2.24, 2.45) is 0 Å². The number of nitrogens with zero attached hydrogens (tertiary/aromatic N) is 1. The van der Waals surface area contributed by atoms with E-state index in [1.54, 1.807) is 6.20 Å². The average Bonchev–Trinajstić information content (AvgIpc) is 2.41. The molecule has 0 aliphatic heterocycles. The monoisotopic (exact) mass is 235 g/mol. The largest absolute Gasteiger partial charge is 0.397 e. The molecule has 0 aliphatic carbocycles. The van der Waals surface area contributed by atoms with E-state index in [9.17, 15) is 0 Å². The summed E-state index contributed by atoms with van der Waals surface area (Å²) in [6, 6.07) is 17.8. The summed E-state index contributed by atoms with van der Waals surface area (Å²) >= 11 is 0. The maximum absolute atomic E-state index is 5.91. The summed E-state index contributed by atoms with van der Waals surface area (Å²) in [5.41, 5.74) is 9.56. The molecule has 3 aromatic rings. The molecule has 0 saturated carbocycles. The summed E-state index contributed by atoms with van der Waals surface area (Å²) in [5.74, 6) is 0. The fourth-order valence-corrected chi connectivity index (χ4v) is 1.92. The summed E-state index contributed by atoms with van der Waals surface area (Å²) in [4.78, 5) is 4.29. The highest BCUT2D eigenvalue weighted by molar-refractivity contribution is 5.84. The SMILES string of the molecule is Nc1ccccc1Nc1ccc2ncccc2c1. The van der Waals surface area contributed by atoms with Crippen LogP contribution < -0.4 is 11.1 Å². The Labute approximate surface area is 105 Å². The van der Waals surface area contributed by atoms with Crippen LogP contribution in [0.1, 0.15) is 0 Å². The third kappa shape index (κ3) is 1.98. The van der Waals surface area contributed by atoms with Crippen molar-refractivity contribution in [1.82, 2.24) is 4.98 Å². The number of aromatic nitrogens is 1. The lowest BCUT2D eigenvalue weighted by Crippen LogP contribution is -1.95. The molecule has 88 valence electrons. The molecule has 3 rings (SSSR count). The highest BCUT2D eigenvalue weighted by Gasteiger charge is 2.00. The van der Waals surface area contributed by atoms with E-state index in [0.29, 0.717) is 0 Å². The van der Waals surface area contributed by atoms with E-state index in [-0.39, 0.29) is 0 Å². The van der Waals surface area contributed by atoms with Gasteiger partial charge in [-0.3, -0.25) is 4.98 Å². The minimum atomic E-state index is 0.740. The van der Waals surface area contributed by atoms with Gasteiger partial charge in [-0.1, -0.05) is 18.2 Å². The fraction of sp³-hybridized carbons (Fsp3) is 0. The lowest BCUT2D eigenvalue weighted by Gasteiger charge is -2.09. The van der Waals surface area contributed by atoms with Gasteiger partial charge in [-0.15, -0.1) is 0 Å². The number of fused-ring (bicyclic) bond motifs is 1. The third-order valence-corrected chi connectivity index (χ3v) is 2.84. The maximum Gasteiger partial charge on any atom is 0.0703 e. The molecule has 0 bridgehead atoms. The lowest BCUT2D eigenvalue weighted by atomic mass is 10.2. The van der Waals surface area contributed by atoms with E-state index in [1.165, 1.54) is 0 Å². The molecule has 0 amide bonds. The van der Waals surface area contributed by atoms with Crippen LogP contribution in [0.3, 0.4) is 0 Å². The van der Waals surface area contributed by atoms with Crippen molar-refractivity contribution in [3.63, 3.8) is 0 Å². The van der Waals surface area contributed by atoms with Crippen LogP contribution in [0.4, 0.5) is 17.1 Å². The first-order chi connectivity index (χ1) is 8.83. The number of nitrogen functional groups attached to an aromatic ring is 1. The molecule has 0 spiro atoms. The van der Waals surface area contributed by atoms with Gasteiger partial charge in [-0.25, -0.2) is 0 Å². The molecule has 1 aromatic heterocycles. The van der Waals surface area contributed by atoms with Crippen molar-refractivity contribution in [1.29, 1.82) is 0 Å². The highest BCUT2D eigenvalue weighted by atomic mass is 14.9. The van der Waals surface area contributed by atoms with Crippen molar-refractivity contribution < 1.29 is 0 Å². The smallest absolute Gasteiger partial charge is 0.0703 e. The quantitative estimate of drug-likeness (QED) is 0.668. The van der Waals surface area contributed by atoms with E-state index in [2.05, 4.69) is 16.4 Å². The molecule has 0 saturated heterocycles. The van der Waals surface area contributed by atoms with Gasteiger partial charge in [0.1, 0.15) is 0 Å². The van der Waals surface area contributed by atoms with E-state index in [4.69, 9.17) is 5.73 Å². The van der Waals surface area contributed by atoms with Crippen LogP contribution in [0, 0.1) is 0 Å². The van der Waals surface area contributed by atoms with Crippen LogP contribution in [0.25, 0.3) is 10.9 Å². The molecule has 3 heteroatoms. The van der Waals surface area contributed by atoms with Crippen LogP contribution in [0.15, 0.2) is 60.8 Å². The number of hydrogen-bond donors (Lipinski definition) is 2. The summed E-state index contributed by atoms with van der Waals surface area (Å²) in [7, 11) is 0. The summed E-state index contributed by atoms with van der Waals surface area (Å²) in [6.07, 6.45) is 1.80. The normalized spacial score (nSPS) is 10.4. The highest BCUT2D eigenvalue weighted by Crippen LogP contribution is 2.24. The minimum absolute atomic E-state index is 0.740. The van der Waals surface area contributed by atoms with Crippen LogP contribution in [0.2, 0.25) is 0 Å². The summed E-state index contributed by atoms with van der Waals surface area (Å²) in [5, 5.41) is 4.42. The topological polar surface area (TPSA) is 50.9 Å². The molecule has 1 heterocycles. The molecule has 0 atom stereocenters. The minimum Gasteiger partial charge on any atom is -0.397 e. The Kier molecular flexibility index (Phi) is 2.57. The van der Waals surface area contributed by atoms with Crippen molar-refractivity contribution in [2.75, 3.05) is 11.1 Å². The fourth-order valence-electron chi connectivity index (χ4n) is 1.92. The van der Waals surface area contributed by atoms with Gasteiger partial charge in [-0.2, -0.15) is 0 Å². The van der Waals surface area contributed by atoms with E-state index in [1.807, 2.05) is 48.5 Å². The number of pyridine rings is 1. The van der Waals surface area contributed by atoms with Crippen LogP contribution in [-0.2, 0) is 0 Å². The predicted octanol–water partition coefficient (Wildman–Crippen LogP) is 3.56. The predicted molar refractivity (Wildman–Crippen MR) is 75.9 cm³/mol. The van der Waals surface area contributed by atoms with Gasteiger partial charge in [0.2, 0.25) is 0 Å². The average molecular weight is 235 g/mol. The number of hydrogen-bond acceptors (Lipinski definition) is 3. The van der Waals surface area contributed by atoms with Gasteiger partial charge in [-0.05, 0) is 36.4 Å². The Morgan fingerprint density at radius 3 is 2.72 bits per heavy atom. The Morgan fingerprint density at radius 1 is 0.944 bits per heavy atom. The number of rotatable bonds is 2. The first-order valence-corrected chi connectivity index (χ1v) is 5.79. The Bertz CT molecular complexity index is 692. The van der Waals surface area contributed by atoms with Gasteiger partial charge < -0.3 is 11.1 Å².